The molecule has 1 amide bonds. The van der Waals surface area contributed by atoms with Crippen molar-refractivity contribution in [3.63, 3.8) is 0 Å². The van der Waals surface area contributed by atoms with Crippen molar-refractivity contribution in [2.24, 2.45) is 5.92 Å². The van der Waals surface area contributed by atoms with Crippen LogP contribution in [0, 0.1) is 5.92 Å². The minimum Gasteiger partial charge on any atom is -0.354 e. The summed E-state index contributed by atoms with van der Waals surface area (Å²) in [7, 11) is -1.75. The van der Waals surface area contributed by atoms with Gasteiger partial charge in [0, 0.05) is 33.2 Å². The average molecular weight is 332 g/mol. The molecule has 0 aromatic rings. The van der Waals surface area contributed by atoms with Crippen LogP contribution in [0.1, 0.15) is 32.6 Å². The molecule has 2 saturated heterocycles. The van der Waals surface area contributed by atoms with E-state index in [0.717, 1.165) is 32.2 Å². The molecule has 7 nitrogen and oxygen atoms in total. The second-order valence-electron chi connectivity index (χ2n) is 6.18. The monoisotopic (exact) mass is 332 g/mol. The summed E-state index contributed by atoms with van der Waals surface area (Å²) in [6.45, 7) is 4.81. The highest BCUT2D eigenvalue weighted by Crippen LogP contribution is 2.20. The van der Waals surface area contributed by atoms with Crippen LogP contribution < -0.4 is 10.6 Å². The lowest BCUT2D eigenvalue weighted by molar-refractivity contribution is -0.123. The number of nitrogens with one attached hydrogen (secondary N) is 2. The molecule has 8 heteroatoms. The summed E-state index contributed by atoms with van der Waals surface area (Å²) in [6, 6.07) is -0.0744. The Bertz CT molecular complexity index is 476. The number of hydrogen-bond acceptors (Lipinski definition) is 4. The van der Waals surface area contributed by atoms with Gasteiger partial charge >= 0.3 is 0 Å². The summed E-state index contributed by atoms with van der Waals surface area (Å²) in [5, 5.41) is 6.15. The molecule has 0 aromatic heterocycles. The van der Waals surface area contributed by atoms with Crippen molar-refractivity contribution in [3.8, 4) is 0 Å². The maximum Gasteiger partial charge on any atom is 0.281 e. The van der Waals surface area contributed by atoms with Gasteiger partial charge < -0.3 is 10.6 Å². The van der Waals surface area contributed by atoms with Crippen molar-refractivity contribution in [1.29, 1.82) is 0 Å². The molecule has 2 heterocycles. The number of rotatable bonds is 6. The molecule has 2 aliphatic heterocycles. The molecular formula is C14H28N4O3S. The Morgan fingerprint density at radius 3 is 2.77 bits per heavy atom. The first-order valence-corrected chi connectivity index (χ1v) is 9.57. The van der Waals surface area contributed by atoms with E-state index in [2.05, 4.69) is 10.6 Å². The highest BCUT2D eigenvalue weighted by molar-refractivity contribution is 7.86. The zero-order chi connectivity index (χ0) is 16.2. The van der Waals surface area contributed by atoms with E-state index >= 15 is 0 Å². The fraction of sp³-hybridized carbons (Fsp3) is 0.929. The minimum absolute atomic E-state index is 0.0446. The topological polar surface area (TPSA) is 81.8 Å². The van der Waals surface area contributed by atoms with Crippen molar-refractivity contribution in [2.45, 2.75) is 38.6 Å². The van der Waals surface area contributed by atoms with E-state index in [4.69, 9.17) is 0 Å². The summed E-state index contributed by atoms with van der Waals surface area (Å²) >= 11 is 0. The van der Waals surface area contributed by atoms with Crippen LogP contribution in [0.3, 0.4) is 0 Å². The fourth-order valence-corrected chi connectivity index (χ4v) is 4.52. The van der Waals surface area contributed by atoms with Crippen LogP contribution >= 0.6 is 0 Å². The maximum absolute atomic E-state index is 12.4. The molecule has 2 aliphatic rings. The Morgan fingerprint density at radius 2 is 2.14 bits per heavy atom. The van der Waals surface area contributed by atoms with Gasteiger partial charge in [-0.3, -0.25) is 4.79 Å². The molecule has 2 atom stereocenters. The largest absolute Gasteiger partial charge is 0.354 e. The van der Waals surface area contributed by atoms with Crippen LogP contribution in [-0.4, -0.2) is 68.7 Å². The quantitative estimate of drug-likeness (QED) is 0.704. The van der Waals surface area contributed by atoms with E-state index in [1.54, 1.807) is 11.4 Å². The van der Waals surface area contributed by atoms with Crippen LogP contribution in [0.25, 0.3) is 0 Å². The standard InChI is InChI=1S/C14H28N4O3S/c1-3-17(2)22(20,21)18-9-5-6-12(11-18)10-16-14(19)13-7-4-8-15-13/h12-13,15H,3-11H2,1-2H3,(H,16,19). The normalized spacial score (nSPS) is 27.2. The van der Waals surface area contributed by atoms with Crippen molar-refractivity contribution in [2.75, 3.05) is 39.8 Å². The lowest BCUT2D eigenvalue weighted by Gasteiger charge is -2.34. The predicted molar refractivity (Wildman–Crippen MR) is 85.6 cm³/mol. The number of carbonyl (C=O) groups is 1. The molecule has 2 unspecified atom stereocenters. The molecule has 0 radical (unpaired) electrons. The van der Waals surface area contributed by atoms with Crippen LogP contribution in [-0.2, 0) is 15.0 Å². The molecule has 0 bridgehead atoms. The number of piperidine rings is 1. The molecule has 2 fully saturated rings. The van der Waals surface area contributed by atoms with Crippen molar-refractivity contribution in [3.05, 3.63) is 0 Å². The highest BCUT2D eigenvalue weighted by Gasteiger charge is 2.31. The molecular weight excluding hydrogens is 304 g/mol. The van der Waals surface area contributed by atoms with Gasteiger partial charge in [-0.2, -0.15) is 17.0 Å². The smallest absolute Gasteiger partial charge is 0.281 e. The maximum atomic E-state index is 12.4. The molecule has 22 heavy (non-hydrogen) atoms. The van der Waals surface area contributed by atoms with Gasteiger partial charge in [-0.05, 0) is 38.1 Å². The third-order valence-electron chi connectivity index (χ3n) is 4.59. The summed E-state index contributed by atoms with van der Waals surface area (Å²) in [6.07, 6.45) is 3.73. The van der Waals surface area contributed by atoms with E-state index < -0.39 is 10.2 Å². The minimum atomic E-state index is -3.36. The van der Waals surface area contributed by atoms with E-state index in [1.807, 2.05) is 6.92 Å². The Kier molecular flexibility index (Phi) is 6.19. The van der Waals surface area contributed by atoms with Crippen LogP contribution in [0.15, 0.2) is 0 Å². The second kappa shape index (κ2) is 7.72. The fourth-order valence-electron chi connectivity index (χ4n) is 3.04. The molecule has 0 aliphatic carbocycles. The first-order valence-electron chi connectivity index (χ1n) is 8.17. The zero-order valence-electron chi connectivity index (χ0n) is 13.5. The van der Waals surface area contributed by atoms with Crippen molar-refractivity contribution < 1.29 is 13.2 Å². The van der Waals surface area contributed by atoms with Gasteiger partial charge in [-0.1, -0.05) is 6.92 Å². The molecule has 0 aromatic carbocycles. The molecule has 2 rings (SSSR count). The number of amides is 1. The van der Waals surface area contributed by atoms with E-state index in [9.17, 15) is 13.2 Å². The van der Waals surface area contributed by atoms with E-state index in [1.165, 1.54) is 4.31 Å². The number of hydrogen-bond donors (Lipinski definition) is 2. The SMILES string of the molecule is CCN(C)S(=O)(=O)N1CCCC(CNC(=O)C2CCCN2)C1. The third kappa shape index (κ3) is 4.18. The second-order valence-corrected chi connectivity index (χ2v) is 8.22. The van der Waals surface area contributed by atoms with Crippen molar-refractivity contribution >= 4 is 16.1 Å². The van der Waals surface area contributed by atoms with Crippen LogP contribution in [0.5, 0.6) is 0 Å². The van der Waals surface area contributed by atoms with Gasteiger partial charge in [-0.25, -0.2) is 0 Å². The number of nitrogens with zero attached hydrogens (tertiary/aromatic N) is 2. The lowest BCUT2D eigenvalue weighted by Crippen LogP contribution is -2.49. The predicted octanol–water partition coefficient (Wildman–Crippen LogP) is -0.237. The Balaban J connectivity index is 1.84. The van der Waals surface area contributed by atoms with Gasteiger partial charge in [0.25, 0.3) is 10.2 Å². The Hall–Kier alpha value is -0.700. The Morgan fingerprint density at radius 1 is 1.36 bits per heavy atom. The molecule has 0 saturated carbocycles. The Labute approximate surface area is 133 Å². The summed E-state index contributed by atoms with van der Waals surface area (Å²) in [4.78, 5) is 12.0. The zero-order valence-corrected chi connectivity index (χ0v) is 14.4. The summed E-state index contributed by atoms with van der Waals surface area (Å²) in [5.74, 6) is 0.238. The van der Waals surface area contributed by atoms with Gasteiger partial charge in [0.15, 0.2) is 0 Å². The van der Waals surface area contributed by atoms with Gasteiger partial charge in [-0.15, -0.1) is 0 Å². The van der Waals surface area contributed by atoms with Gasteiger partial charge in [0.1, 0.15) is 0 Å². The molecule has 0 spiro atoms. The van der Waals surface area contributed by atoms with E-state index in [0.29, 0.717) is 26.2 Å². The summed E-state index contributed by atoms with van der Waals surface area (Å²) < 4.78 is 27.6. The van der Waals surface area contributed by atoms with Crippen LogP contribution in [0.4, 0.5) is 0 Å². The summed E-state index contributed by atoms with van der Waals surface area (Å²) in [5.41, 5.74) is 0. The van der Waals surface area contributed by atoms with Crippen molar-refractivity contribution in [1.82, 2.24) is 19.2 Å². The van der Waals surface area contributed by atoms with Crippen LogP contribution in [0.2, 0.25) is 0 Å². The first-order chi connectivity index (χ1) is 10.4. The third-order valence-corrected chi connectivity index (χ3v) is 6.62. The lowest BCUT2D eigenvalue weighted by atomic mass is 9.99. The number of carbonyl (C=O) groups excluding carboxylic acids is 1. The van der Waals surface area contributed by atoms with Gasteiger partial charge in [0.2, 0.25) is 5.91 Å². The highest BCUT2D eigenvalue weighted by atomic mass is 32.2. The molecule has 128 valence electrons. The van der Waals surface area contributed by atoms with E-state index in [-0.39, 0.29) is 17.9 Å². The molecule has 2 N–H and O–H groups in total. The average Bonchev–Trinajstić information content (AvgIpc) is 3.06. The first kappa shape index (κ1) is 17.7. The van der Waals surface area contributed by atoms with Gasteiger partial charge in [0.05, 0.1) is 6.04 Å².